The van der Waals surface area contributed by atoms with E-state index in [-0.39, 0.29) is 17.2 Å². The van der Waals surface area contributed by atoms with Gasteiger partial charge in [-0.1, -0.05) is 36.4 Å². The van der Waals surface area contributed by atoms with Crippen LogP contribution in [0, 0.1) is 11.3 Å². The lowest BCUT2D eigenvalue weighted by Gasteiger charge is -2.58. The Morgan fingerprint density at radius 2 is 1.74 bits per heavy atom. The van der Waals surface area contributed by atoms with Crippen LogP contribution in [0.5, 0.6) is 5.75 Å². The molecule has 0 amide bonds. The molecular weight excluding hydrogens is 520 g/mol. The zero-order valence-electron chi connectivity index (χ0n) is 24.6. The van der Waals surface area contributed by atoms with E-state index in [2.05, 4.69) is 57.3 Å². The predicted molar refractivity (Wildman–Crippen MR) is 169 cm³/mol. The molecule has 8 rings (SSSR count). The van der Waals surface area contributed by atoms with Gasteiger partial charge in [-0.25, -0.2) is 0 Å². The van der Waals surface area contributed by atoms with Crippen molar-refractivity contribution in [1.82, 2.24) is 19.8 Å². The summed E-state index contributed by atoms with van der Waals surface area (Å²) in [6.45, 7) is 4.33. The molecule has 6 heterocycles. The molecule has 220 valence electrons. The number of para-hydroxylation sites is 1. The van der Waals surface area contributed by atoms with Gasteiger partial charge in [-0.15, -0.1) is 0 Å². The molecule has 1 aromatic carbocycles. The smallest absolute Gasteiger partial charge is 0.139 e. The van der Waals surface area contributed by atoms with Crippen LogP contribution in [0.15, 0.2) is 60.8 Å². The number of hydrogen-bond donors (Lipinski definition) is 3. The Morgan fingerprint density at radius 1 is 0.905 bits per heavy atom. The van der Waals surface area contributed by atoms with Crippen LogP contribution in [0.3, 0.4) is 0 Å². The van der Waals surface area contributed by atoms with E-state index >= 15 is 0 Å². The van der Waals surface area contributed by atoms with E-state index in [1.807, 2.05) is 12.3 Å². The van der Waals surface area contributed by atoms with E-state index in [1.165, 1.54) is 31.3 Å². The fourth-order valence-corrected chi connectivity index (χ4v) is 9.64. The van der Waals surface area contributed by atoms with Crippen LogP contribution in [-0.2, 0) is 0 Å². The molecule has 42 heavy (non-hydrogen) atoms. The Morgan fingerprint density at radius 3 is 2.67 bits per heavy atom. The maximum absolute atomic E-state index is 13.1. The van der Waals surface area contributed by atoms with Crippen molar-refractivity contribution in [3.05, 3.63) is 66.5 Å². The molecule has 2 aromatic heterocycles. The molecule has 4 aliphatic heterocycles. The zero-order chi connectivity index (χ0) is 28.3. The quantitative estimate of drug-likeness (QED) is 0.292. The van der Waals surface area contributed by atoms with Gasteiger partial charge in [0.1, 0.15) is 5.75 Å². The number of phenols is 1. The van der Waals surface area contributed by atoms with Crippen molar-refractivity contribution >= 4 is 27.4 Å². The number of piperidine rings is 1. The van der Waals surface area contributed by atoms with Gasteiger partial charge < -0.3 is 20.1 Å². The fraction of sp³-hybridized carbons (Fsp3) is 0.528. The number of rotatable bonds is 1. The van der Waals surface area contributed by atoms with E-state index in [0.29, 0.717) is 12.0 Å². The van der Waals surface area contributed by atoms with Crippen LogP contribution in [0.2, 0.25) is 0 Å². The standard InChI is InChI=1S/C36H44N4O2/c41-30-14-11-13-26-27-15-18-37-32(33(27)38-31(26)30)28-23-36(42)17-8-4-1-2-5-9-19-39-21-16-29(28)35(24-39)22-25-12-7-3-6-10-20-40(25)34(35)36/h1,4,7,11-15,18,23,25,29,34,38,41-42H,2-3,5-6,8-10,16-17,19-22,24H2/t25?,29-,34+,35-,36-/m0/s1. The highest BCUT2D eigenvalue weighted by molar-refractivity contribution is 6.11. The molecule has 2 unspecified atom stereocenters. The third-order valence-electron chi connectivity index (χ3n) is 11.3. The Labute approximate surface area is 248 Å². The average molecular weight is 565 g/mol. The summed E-state index contributed by atoms with van der Waals surface area (Å²) in [6.07, 6.45) is 24.7. The number of hydrogen-bond acceptors (Lipinski definition) is 5. The first-order valence-corrected chi connectivity index (χ1v) is 16.4. The highest BCUT2D eigenvalue weighted by atomic mass is 16.3. The number of nitrogens with zero attached hydrogens (tertiary/aromatic N) is 3. The Hall–Kier alpha value is -2.93. The third kappa shape index (κ3) is 4.13. The van der Waals surface area contributed by atoms with E-state index in [1.54, 1.807) is 6.07 Å². The minimum absolute atomic E-state index is 0.0494. The third-order valence-corrected chi connectivity index (χ3v) is 11.3. The number of aliphatic hydroxyl groups is 1. The molecule has 0 radical (unpaired) electrons. The monoisotopic (exact) mass is 564 g/mol. The van der Waals surface area contributed by atoms with Gasteiger partial charge in [0.05, 0.1) is 28.4 Å². The number of benzene rings is 1. The van der Waals surface area contributed by atoms with Crippen LogP contribution in [0.4, 0.5) is 0 Å². The number of aromatic nitrogens is 2. The summed E-state index contributed by atoms with van der Waals surface area (Å²) in [5.74, 6) is 0.581. The van der Waals surface area contributed by atoms with Gasteiger partial charge >= 0.3 is 0 Å². The summed E-state index contributed by atoms with van der Waals surface area (Å²) in [7, 11) is 0. The number of allylic oxidation sites excluding steroid dienone is 4. The van der Waals surface area contributed by atoms with Crippen molar-refractivity contribution in [3.8, 4) is 5.75 Å². The van der Waals surface area contributed by atoms with E-state index in [0.717, 1.165) is 92.2 Å². The summed E-state index contributed by atoms with van der Waals surface area (Å²) in [5, 5.41) is 25.9. The van der Waals surface area contributed by atoms with Crippen LogP contribution in [0.25, 0.3) is 27.4 Å². The zero-order valence-corrected chi connectivity index (χ0v) is 24.6. The number of aromatic hydroxyl groups is 1. The van der Waals surface area contributed by atoms with Crippen molar-refractivity contribution in [2.45, 2.75) is 81.9 Å². The Balaban J connectivity index is 1.35. The lowest BCUT2D eigenvalue weighted by atomic mass is 9.54. The van der Waals surface area contributed by atoms with Crippen LogP contribution in [0.1, 0.15) is 69.9 Å². The second-order valence-electron chi connectivity index (χ2n) is 13.7. The highest BCUT2D eigenvalue weighted by Crippen LogP contribution is 2.61. The van der Waals surface area contributed by atoms with Gasteiger partial charge in [0, 0.05) is 35.0 Å². The number of aromatic amines is 1. The SMILES string of the molecule is Oc1cccc2c1[nH]c1c(C3=C[C@@]4(O)CCC=CCCCCN5CC[C@@H]3[C@]3(CC6C=CCCCCN6[C@H]34)C5)nccc12. The number of fused-ring (bicyclic) bond motifs is 5. The summed E-state index contributed by atoms with van der Waals surface area (Å²) in [5.41, 5.74) is 2.89. The Bertz CT molecular complexity index is 1590. The minimum Gasteiger partial charge on any atom is -0.506 e. The molecular formula is C36H44N4O2. The second-order valence-corrected chi connectivity index (χ2v) is 13.7. The molecule has 6 nitrogen and oxygen atoms in total. The number of nitrogens with one attached hydrogen (secondary N) is 1. The molecule has 5 aliphatic rings. The largest absolute Gasteiger partial charge is 0.506 e. The molecule has 6 heteroatoms. The van der Waals surface area contributed by atoms with Gasteiger partial charge in [0.25, 0.3) is 0 Å². The molecule has 1 spiro atoms. The molecule has 3 aromatic rings. The number of phenolic OH excluding ortho intramolecular Hbond substituents is 1. The summed E-state index contributed by atoms with van der Waals surface area (Å²) < 4.78 is 0. The van der Waals surface area contributed by atoms with Crippen LogP contribution in [-0.4, -0.2) is 73.8 Å². The fourth-order valence-electron chi connectivity index (χ4n) is 9.64. The first kappa shape index (κ1) is 26.7. The first-order chi connectivity index (χ1) is 20.6. The van der Waals surface area contributed by atoms with Crippen molar-refractivity contribution in [2.24, 2.45) is 11.3 Å². The van der Waals surface area contributed by atoms with Crippen molar-refractivity contribution in [3.63, 3.8) is 0 Å². The molecule has 6 atom stereocenters. The van der Waals surface area contributed by atoms with E-state index in [9.17, 15) is 10.2 Å². The van der Waals surface area contributed by atoms with E-state index < -0.39 is 5.60 Å². The normalized spacial score (nSPS) is 35.5. The minimum atomic E-state index is -0.951. The number of H-pyrrole nitrogens is 1. The summed E-state index contributed by atoms with van der Waals surface area (Å²) >= 11 is 0. The average Bonchev–Trinajstić information content (AvgIpc) is 3.50. The predicted octanol–water partition coefficient (Wildman–Crippen LogP) is 6.56. The van der Waals surface area contributed by atoms with Gasteiger partial charge in [-0.2, -0.15) is 0 Å². The first-order valence-electron chi connectivity index (χ1n) is 16.4. The van der Waals surface area contributed by atoms with Crippen molar-refractivity contribution in [1.29, 1.82) is 0 Å². The van der Waals surface area contributed by atoms with Gasteiger partial charge in [0.2, 0.25) is 0 Å². The molecule has 0 saturated carbocycles. The molecule has 3 bridgehead atoms. The van der Waals surface area contributed by atoms with Crippen molar-refractivity contribution < 1.29 is 10.2 Å². The van der Waals surface area contributed by atoms with Crippen molar-refractivity contribution in [2.75, 3.05) is 26.2 Å². The van der Waals surface area contributed by atoms with Gasteiger partial charge in [-0.3, -0.25) is 9.88 Å². The second kappa shape index (κ2) is 10.4. The number of pyridine rings is 1. The lowest BCUT2D eigenvalue weighted by Crippen LogP contribution is -2.65. The molecule has 2 saturated heterocycles. The van der Waals surface area contributed by atoms with Gasteiger partial charge in [-0.05, 0) is 114 Å². The topological polar surface area (TPSA) is 75.6 Å². The molecule has 1 aliphatic carbocycles. The van der Waals surface area contributed by atoms with Crippen LogP contribution >= 0.6 is 0 Å². The van der Waals surface area contributed by atoms with Gasteiger partial charge in [0.15, 0.2) is 0 Å². The van der Waals surface area contributed by atoms with E-state index in [4.69, 9.17) is 4.98 Å². The Kier molecular flexibility index (Phi) is 6.58. The summed E-state index contributed by atoms with van der Waals surface area (Å²) in [4.78, 5) is 14.1. The maximum Gasteiger partial charge on any atom is 0.139 e. The molecule has 2 fully saturated rings. The van der Waals surface area contributed by atoms with Crippen LogP contribution < -0.4 is 0 Å². The summed E-state index contributed by atoms with van der Waals surface area (Å²) in [6, 6.07) is 8.24. The highest BCUT2D eigenvalue weighted by Gasteiger charge is 2.65. The maximum atomic E-state index is 13.1. The molecule has 3 N–H and O–H groups in total. The lowest BCUT2D eigenvalue weighted by molar-refractivity contribution is -0.0894.